The molecule has 1 aliphatic rings. The van der Waals surface area contributed by atoms with Gasteiger partial charge in [0, 0.05) is 6.54 Å². The number of unbranched alkanes of at least 4 members (excludes halogenated alkanes) is 2. The number of aryl methyl sites for hydroxylation is 2. The Hall–Kier alpha value is -2.91. The highest BCUT2D eigenvalue weighted by atomic mass is 32.1. The average molecular weight is 544 g/mol. The number of amides is 1. The maximum absolute atomic E-state index is 13.8. The molecule has 1 aliphatic heterocycles. The molecule has 9 heteroatoms. The van der Waals surface area contributed by atoms with Crippen LogP contribution in [0.15, 0.2) is 29.5 Å². The van der Waals surface area contributed by atoms with Crippen LogP contribution in [0.1, 0.15) is 78.4 Å². The molecule has 38 heavy (non-hydrogen) atoms. The van der Waals surface area contributed by atoms with Crippen molar-refractivity contribution in [2.45, 2.75) is 66.3 Å². The number of thiazole rings is 1. The van der Waals surface area contributed by atoms with Crippen molar-refractivity contribution in [3.05, 3.63) is 50.7 Å². The zero-order valence-electron chi connectivity index (χ0n) is 23.5. The first-order valence-electron chi connectivity index (χ1n) is 13.5. The van der Waals surface area contributed by atoms with Crippen LogP contribution in [0, 0.1) is 13.8 Å². The van der Waals surface area contributed by atoms with Gasteiger partial charge >= 0.3 is 0 Å². The van der Waals surface area contributed by atoms with Crippen molar-refractivity contribution >= 4 is 23.0 Å². The fraction of sp³-hybridized carbons (Fsp3) is 0.552. The molecular formula is C29H41N3O5S. The number of carbonyl (C=O) groups is 2. The van der Waals surface area contributed by atoms with E-state index in [4.69, 9.17) is 9.47 Å². The number of benzene rings is 1. The van der Waals surface area contributed by atoms with E-state index in [0.29, 0.717) is 47.2 Å². The van der Waals surface area contributed by atoms with Crippen LogP contribution in [0.2, 0.25) is 0 Å². The molecule has 3 rings (SSSR count). The molecule has 0 fully saturated rings. The zero-order valence-corrected chi connectivity index (χ0v) is 24.3. The quantitative estimate of drug-likeness (QED) is 0.229. The molecular weight excluding hydrogens is 502 g/mol. The Morgan fingerprint density at radius 2 is 1.87 bits per heavy atom. The number of hydrogen-bond acceptors (Lipinski definition) is 8. The van der Waals surface area contributed by atoms with Gasteiger partial charge in [-0.3, -0.25) is 9.59 Å². The number of rotatable bonds is 15. The molecule has 0 saturated carbocycles. The number of aliphatic hydroxyl groups excluding tert-OH is 1. The predicted molar refractivity (Wildman–Crippen MR) is 150 cm³/mol. The van der Waals surface area contributed by atoms with E-state index in [9.17, 15) is 14.7 Å². The van der Waals surface area contributed by atoms with Gasteiger partial charge in [0.2, 0.25) is 5.78 Å². The van der Waals surface area contributed by atoms with E-state index in [1.807, 2.05) is 19.1 Å². The third-order valence-electron chi connectivity index (χ3n) is 6.93. The van der Waals surface area contributed by atoms with Crippen LogP contribution < -0.4 is 9.47 Å². The Balaban J connectivity index is 1.99. The van der Waals surface area contributed by atoms with Crippen LogP contribution in [-0.2, 0) is 4.79 Å². The molecule has 208 valence electrons. The van der Waals surface area contributed by atoms with Crippen molar-refractivity contribution < 1.29 is 24.2 Å². The van der Waals surface area contributed by atoms with Gasteiger partial charge in [0.15, 0.2) is 17.3 Å². The van der Waals surface area contributed by atoms with Gasteiger partial charge in [-0.25, -0.2) is 4.98 Å². The van der Waals surface area contributed by atoms with Gasteiger partial charge in [0.1, 0.15) is 0 Å². The topological polar surface area (TPSA) is 92.2 Å². The maximum Gasteiger partial charge on any atom is 0.290 e. The molecule has 8 nitrogen and oxygen atoms in total. The van der Waals surface area contributed by atoms with E-state index in [-0.39, 0.29) is 11.4 Å². The molecule has 0 aliphatic carbocycles. The fourth-order valence-electron chi connectivity index (χ4n) is 4.84. The minimum atomic E-state index is -0.739. The summed E-state index contributed by atoms with van der Waals surface area (Å²) in [6.45, 7) is 13.6. The molecule has 0 saturated heterocycles. The maximum atomic E-state index is 13.8. The number of Topliss-reactive ketones (excluding diaryl/α,β-unsaturated/α-hetero) is 1. The molecule has 1 aromatic heterocycles. The van der Waals surface area contributed by atoms with Crippen molar-refractivity contribution in [2.24, 2.45) is 0 Å². The fourth-order valence-corrected chi connectivity index (χ4v) is 5.71. The zero-order chi connectivity index (χ0) is 27.8. The van der Waals surface area contributed by atoms with Crippen LogP contribution in [0.3, 0.4) is 0 Å². The minimum absolute atomic E-state index is 0.0863. The summed E-state index contributed by atoms with van der Waals surface area (Å²) < 4.78 is 11.6. The van der Waals surface area contributed by atoms with Crippen LogP contribution in [0.25, 0.3) is 0 Å². The van der Waals surface area contributed by atoms with E-state index >= 15 is 0 Å². The van der Waals surface area contributed by atoms with Crippen molar-refractivity contribution in [2.75, 3.05) is 39.9 Å². The summed E-state index contributed by atoms with van der Waals surface area (Å²) in [6.07, 6.45) is 3.85. The van der Waals surface area contributed by atoms with Crippen molar-refractivity contribution in [1.82, 2.24) is 14.8 Å². The predicted octanol–water partition coefficient (Wildman–Crippen LogP) is 5.65. The molecule has 0 spiro atoms. The van der Waals surface area contributed by atoms with Crippen LogP contribution in [0.4, 0.5) is 0 Å². The van der Waals surface area contributed by atoms with Crippen molar-refractivity contribution in [1.29, 1.82) is 0 Å². The van der Waals surface area contributed by atoms with Gasteiger partial charge in [-0.2, -0.15) is 0 Å². The van der Waals surface area contributed by atoms with E-state index in [2.05, 4.69) is 30.7 Å². The number of aromatic nitrogens is 1. The lowest BCUT2D eigenvalue weighted by Crippen LogP contribution is -2.34. The largest absolute Gasteiger partial charge is 0.503 e. The van der Waals surface area contributed by atoms with Gasteiger partial charge in [-0.1, -0.05) is 39.7 Å². The van der Waals surface area contributed by atoms with Crippen LogP contribution >= 0.6 is 11.3 Å². The summed E-state index contributed by atoms with van der Waals surface area (Å²) in [5.74, 6) is -0.255. The van der Waals surface area contributed by atoms with E-state index in [1.54, 1.807) is 25.0 Å². The number of hydrogen-bond donors (Lipinski definition) is 1. The second-order valence-electron chi connectivity index (χ2n) is 9.49. The van der Waals surface area contributed by atoms with E-state index < -0.39 is 17.7 Å². The number of ether oxygens (including phenoxy) is 2. The normalized spacial score (nSPS) is 15.6. The SMILES string of the molecule is CCCCCOc1ccc(C2C(C(=O)c3sc(C)nc3C)=C(O)C(=O)N2CCCN(CC)CC)cc1OC. The Morgan fingerprint density at radius 3 is 2.47 bits per heavy atom. The molecule has 2 aromatic rings. The van der Waals surface area contributed by atoms with Gasteiger partial charge in [0.05, 0.1) is 40.9 Å². The molecule has 1 N–H and O–H groups in total. The summed E-state index contributed by atoms with van der Waals surface area (Å²) in [5.41, 5.74) is 1.37. The molecule has 0 radical (unpaired) electrons. The first-order chi connectivity index (χ1) is 18.3. The summed E-state index contributed by atoms with van der Waals surface area (Å²) in [7, 11) is 1.57. The second-order valence-corrected chi connectivity index (χ2v) is 10.7. The third kappa shape index (κ3) is 6.56. The van der Waals surface area contributed by atoms with Crippen LogP contribution in [0.5, 0.6) is 11.5 Å². The second kappa shape index (κ2) is 13.8. The molecule has 1 aromatic carbocycles. The monoisotopic (exact) mass is 543 g/mol. The lowest BCUT2D eigenvalue weighted by molar-refractivity contribution is -0.129. The summed E-state index contributed by atoms with van der Waals surface area (Å²) in [6, 6.07) is 4.74. The highest BCUT2D eigenvalue weighted by Crippen LogP contribution is 2.42. The highest BCUT2D eigenvalue weighted by Gasteiger charge is 2.44. The Kier molecular flexibility index (Phi) is 10.7. The van der Waals surface area contributed by atoms with Crippen molar-refractivity contribution in [3.8, 4) is 11.5 Å². The third-order valence-corrected chi connectivity index (χ3v) is 8.01. The Labute approximate surface area is 230 Å². The number of ketones is 1. The lowest BCUT2D eigenvalue weighted by atomic mass is 9.94. The molecule has 1 atom stereocenters. The van der Waals surface area contributed by atoms with Gasteiger partial charge < -0.3 is 24.4 Å². The first-order valence-corrected chi connectivity index (χ1v) is 14.3. The minimum Gasteiger partial charge on any atom is -0.503 e. The first kappa shape index (κ1) is 29.6. The standard InChI is InChI=1S/C29H41N3O5S/c1-7-10-11-17-37-22-14-13-21(18-23(22)36-6)25-24(26(33)28-19(4)30-20(5)38-28)27(34)29(35)32(25)16-12-15-31(8-2)9-3/h13-14,18,25,34H,7-12,15-17H2,1-6H3. The number of methoxy groups -OCH3 is 1. The highest BCUT2D eigenvalue weighted by molar-refractivity contribution is 7.14. The molecule has 0 bridgehead atoms. The lowest BCUT2D eigenvalue weighted by Gasteiger charge is -2.28. The summed E-state index contributed by atoms with van der Waals surface area (Å²) >= 11 is 1.27. The average Bonchev–Trinajstić information content (AvgIpc) is 3.38. The molecule has 1 unspecified atom stereocenters. The van der Waals surface area contributed by atoms with Crippen LogP contribution in [-0.4, -0.2) is 71.5 Å². The molecule has 2 heterocycles. The van der Waals surface area contributed by atoms with E-state index in [1.165, 1.54) is 11.3 Å². The molecule has 1 amide bonds. The van der Waals surface area contributed by atoms with Crippen molar-refractivity contribution in [3.63, 3.8) is 0 Å². The number of aliphatic hydroxyl groups is 1. The number of nitrogens with zero attached hydrogens (tertiary/aromatic N) is 3. The summed E-state index contributed by atoms with van der Waals surface area (Å²) in [4.78, 5) is 35.8. The number of carbonyl (C=O) groups excluding carboxylic acids is 2. The van der Waals surface area contributed by atoms with E-state index in [0.717, 1.165) is 43.9 Å². The Morgan fingerprint density at radius 1 is 1.13 bits per heavy atom. The summed E-state index contributed by atoms with van der Waals surface area (Å²) in [5, 5.41) is 11.8. The Bertz CT molecular complexity index is 1160. The van der Waals surface area contributed by atoms with Gasteiger partial charge in [-0.05, 0) is 64.0 Å². The van der Waals surface area contributed by atoms with Gasteiger partial charge in [0.25, 0.3) is 5.91 Å². The smallest absolute Gasteiger partial charge is 0.290 e. The van der Waals surface area contributed by atoms with Gasteiger partial charge in [-0.15, -0.1) is 11.3 Å².